The Hall–Kier alpha value is -1.49. The molecule has 17 heavy (non-hydrogen) atoms. The first kappa shape index (κ1) is 12.0. The van der Waals surface area contributed by atoms with Gasteiger partial charge in [-0.3, -0.25) is 5.43 Å². The molecule has 1 aliphatic carbocycles. The zero-order valence-corrected chi connectivity index (χ0v) is 10.2. The van der Waals surface area contributed by atoms with Gasteiger partial charge in [0.25, 0.3) is 0 Å². The minimum absolute atomic E-state index is 0.424. The highest BCUT2D eigenvalue weighted by molar-refractivity contribution is 5.79. The second-order valence-corrected chi connectivity index (χ2v) is 4.52. The van der Waals surface area contributed by atoms with Gasteiger partial charge in [-0.2, -0.15) is 0 Å². The molecule has 0 radical (unpaired) electrons. The highest BCUT2D eigenvalue weighted by Gasteiger charge is 2.16. The number of hydrogen-bond donors (Lipinski definition) is 2. The largest absolute Gasteiger partial charge is 0.472 e. The molecule has 1 heterocycles. The normalized spacial score (nSPS) is 17.4. The number of aliphatic imine (C=N–C) groups is 1. The third kappa shape index (κ3) is 3.23. The number of nitrogens with one attached hydrogen (secondary N) is 1. The SMILES string of the molecule is CN(Cc1ccoc1)C(=NC1CCCC1)NN. The Bertz CT molecular complexity index is 355. The van der Waals surface area contributed by atoms with E-state index >= 15 is 0 Å². The quantitative estimate of drug-likeness (QED) is 0.361. The summed E-state index contributed by atoms with van der Waals surface area (Å²) in [5.41, 5.74) is 3.80. The molecule has 0 atom stereocenters. The monoisotopic (exact) mass is 236 g/mol. The topological polar surface area (TPSA) is 66.8 Å². The van der Waals surface area contributed by atoms with Crippen molar-refractivity contribution in [3.63, 3.8) is 0 Å². The Morgan fingerprint density at radius 2 is 2.35 bits per heavy atom. The van der Waals surface area contributed by atoms with E-state index in [1.54, 1.807) is 12.5 Å². The Morgan fingerprint density at radius 3 is 2.94 bits per heavy atom. The van der Waals surface area contributed by atoms with Crippen LogP contribution in [0.4, 0.5) is 0 Å². The molecule has 5 heteroatoms. The second kappa shape index (κ2) is 5.72. The van der Waals surface area contributed by atoms with E-state index in [1.165, 1.54) is 25.7 Å². The fourth-order valence-corrected chi connectivity index (χ4v) is 2.18. The van der Waals surface area contributed by atoms with Gasteiger partial charge in [-0.05, 0) is 18.9 Å². The van der Waals surface area contributed by atoms with Crippen molar-refractivity contribution < 1.29 is 4.42 Å². The van der Waals surface area contributed by atoms with E-state index in [9.17, 15) is 0 Å². The van der Waals surface area contributed by atoms with Crippen molar-refractivity contribution in [1.29, 1.82) is 0 Å². The van der Waals surface area contributed by atoms with Gasteiger partial charge in [0.05, 0.1) is 18.6 Å². The van der Waals surface area contributed by atoms with E-state index < -0.39 is 0 Å². The molecule has 1 aliphatic rings. The van der Waals surface area contributed by atoms with Gasteiger partial charge < -0.3 is 9.32 Å². The van der Waals surface area contributed by atoms with Gasteiger partial charge in [0, 0.05) is 19.2 Å². The van der Waals surface area contributed by atoms with Gasteiger partial charge in [-0.1, -0.05) is 12.8 Å². The van der Waals surface area contributed by atoms with Crippen LogP contribution in [0.1, 0.15) is 31.2 Å². The molecule has 2 rings (SSSR count). The van der Waals surface area contributed by atoms with Gasteiger partial charge in [-0.25, -0.2) is 10.8 Å². The van der Waals surface area contributed by atoms with E-state index in [0.717, 1.165) is 18.1 Å². The molecule has 0 aromatic carbocycles. The standard InChI is InChI=1S/C12H20N4O/c1-16(8-10-6-7-17-9-10)12(15-13)14-11-4-2-3-5-11/h6-7,9,11H,2-5,8,13H2,1H3,(H,14,15). The molecular formula is C12H20N4O. The number of hydrogen-bond acceptors (Lipinski definition) is 3. The van der Waals surface area contributed by atoms with E-state index in [0.29, 0.717) is 6.04 Å². The molecule has 1 fully saturated rings. The Kier molecular flexibility index (Phi) is 4.03. The summed E-state index contributed by atoms with van der Waals surface area (Å²) in [5.74, 6) is 6.28. The second-order valence-electron chi connectivity index (χ2n) is 4.52. The Balaban J connectivity index is 1.96. The Labute approximate surface area is 102 Å². The zero-order valence-electron chi connectivity index (χ0n) is 10.2. The van der Waals surface area contributed by atoms with E-state index in [2.05, 4.69) is 10.4 Å². The van der Waals surface area contributed by atoms with Gasteiger partial charge in [0.2, 0.25) is 5.96 Å². The molecule has 3 N–H and O–H groups in total. The molecule has 5 nitrogen and oxygen atoms in total. The molecule has 0 bridgehead atoms. The summed E-state index contributed by atoms with van der Waals surface area (Å²) < 4.78 is 5.04. The van der Waals surface area contributed by atoms with Crippen LogP contribution < -0.4 is 11.3 Å². The summed E-state index contributed by atoms with van der Waals surface area (Å²) in [6, 6.07) is 2.37. The molecule has 1 saturated carbocycles. The summed E-state index contributed by atoms with van der Waals surface area (Å²) in [4.78, 5) is 6.65. The van der Waals surface area contributed by atoms with Crippen molar-refractivity contribution in [2.24, 2.45) is 10.8 Å². The lowest BCUT2D eigenvalue weighted by molar-refractivity contribution is 0.466. The van der Waals surface area contributed by atoms with Crippen LogP contribution in [-0.4, -0.2) is 23.9 Å². The summed E-state index contributed by atoms with van der Waals surface area (Å²) in [6.45, 7) is 0.742. The number of rotatable bonds is 3. The number of hydrazine groups is 1. The molecule has 94 valence electrons. The van der Waals surface area contributed by atoms with E-state index in [-0.39, 0.29) is 0 Å². The lowest BCUT2D eigenvalue weighted by atomic mass is 10.3. The van der Waals surface area contributed by atoms with Crippen LogP contribution in [0.3, 0.4) is 0 Å². The molecule has 0 amide bonds. The third-order valence-electron chi connectivity index (χ3n) is 3.12. The number of guanidine groups is 1. The van der Waals surface area contributed by atoms with Crippen LogP contribution in [0.25, 0.3) is 0 Å². The van der Waals surface area contributed by atoms with Gasteiger partial charge >= 0.3 is 0 Å². The average Bonchev–Trinajstić information content (AvgIpc) is 2.97. The molecular weight excluding hydrogens is 216 g/mol. The third-order valence-corrected chi connectivity index (χ3v) is 3.12. The van der Waals surface area contributed by atoms with E-state index in [1.807, 2.05) is 18.0 Å². The fourth-order valence-electron chi connectivity index (χ4n) is 2.18. The van der Waals surface area contributed by atoms with Crippen LogP contribution in [0, 0.1) is 0 Å². The summed E-state index contributed by atoms with van der Waals surface area (Å²) >= 11 is 0. The first-order valence-electron chi connectivity index (χ1n) is 6.06. The highest BCUT2D eigenvalue weighted by Crippen LogP contribution is 2.21. The predicted octanol–water partition coefficient (Wildman–Crippen LogP) is 1.47. The van der Waals surface area contributed by atoms with Crippen molar-refractivity contribution in [3.8, 4) is 0 Å². The lowest BCUT2D eigenvalue weighted by Gasteiger charge is -2.21. The zero-order chi connectivity index (χ0) is 12.1. The Morgan fingerprint density at radius 1 is 1.59 bits per heavy atom. The van der Waals surface area contributed by atoms with Crippen molar-refractivity contribution in [2.45, 2.75) is 38.3 Å². The first-order chi connectivity index (χ1) is 8.29. The van der Waals surface area contributed by atoms with Crippen molar-refractivity contribution in [2.75, 3.05) is 7.05 Å². The molecule has 1 aromatic heterocycles. The van der Waals surface area contributed by atoms with Crippen LogP contribution in [0.15, 0.2) is 28.0 Å². The highest BCUT2D eigenvalue weighted by atomic mass is 16.3. The summed E-state index contributed by atoms with van der Waals surface area (Å²) in [5, 5.41) is 0. The summed E-state index contributed by atoms with van der Waals surface area (Å²) in [6.07, 6.45) is 8.30. The summed E-state index contributed by atoms with van der Waals surface area (Å²) in [7, 11) is 1.97. The van der Waals surface area contributed by atoms with Crippen LogP contribution >= 0.6 is 0 Å². The smallest absolute Gasteiger partial charge is 0.208 e. The van der Waals surface area contributed by atoms with Crippen molar-refractivity contribution in [1.82, 2.24) is 10.3 Å². The van der Waals surface area contributed by atoms with Gasteiger partial charge in [0.15, 0.2) is 0 Å². The molecule has 0 spiro atoms. The predicted molar refractivity (Wildman–Crippen MR) is 67.2 cm³/mol. The number of nitrogens with zero attached hydrogens (tertiary/aromatic N) is 2. The average molecular weight is 236 g/mol. The van der Waals surface area contributed by atoms with Crippen LogP contribution in [-0.2, 0) is 6.54 Å². The van der Waals surface area contributed by atoms with E-state index in [4.69, 9.17) is 10.3 Å². The maximum Gasteiger partial charge on any atom is 0.208 e. The molecule has 0 saturated heterocycles. The fraction of sp³-hybridized carbons (Fsp3) is 0.583. The van der Waals surface area contributed by atoms with Crippen LogP contribution in [0.2, 0.25) is 0 Å². The minimum Gasteiger partial charge on any atom is -0.472 e. The first-order valence-corrected chi connectivity index (χ1v) is 6.06. The number of furan rings is 1. The van der Waals surface area contributed by atoms with Gasteiger partial charge in [-0.15, -0.1) is 0 Å². The minimum atomic E-state index is 0.424. The maximum atomic E-state index is 5.53. The molecule has 0 aliphatic heterocycles. The van der Waals surface area contributed by atoms with Crippen molar-refractivity contribution >= 4 is 5.96 Å². The molecule has 1 aromatic rings. The van der Waals surface area contributed by atoms with Crippen LogP contribution in [0.5, 0.6) is 0 Å². The lowest BCUT2D eigenvalue weighted by Crippen LogP contribution is -2.43. The number of nitrogens with two attached hydrogens (primary N) is 1. The maximum absolute atomic E-state index is 5.53. The van der Waals surface area contributed by atoms with Crippen molar-refractivity contribution in [3.05, 3.63) is 24.2 Å². The van der Waals surface area contributed by atoms with Gasteiger partial charge in [0.1, 0.15) is 0 Å². The molecule has 0 unspecified atom stereocenters.